The smallest absolute Gasteiger partial charge is 0.244 e. The van der Waals surface area contributed by atoms with Crippen LogP contribution in [0.15, 0.2) is 77.3 Å². The second-order valence-corrected chi connectivity index (χ2v) is 12.5. The van der Waals surface area contributed by atoms with Gasteiger partial charge in [0.1, 0.15) is 18.4 Å². The number of rotatable bonds is 13. The van der Waals surface area contributed by atoms with Crippen LogP contribution >= 0.6 is 15.9 Å². The molecule has 0 aromatic heterocycles. The third-order valence-corrected chi connectivity index (χ3v) is 8.51. The Morgan fingerprint density at radius 1 is 1.00 bits per heavy atom. The van der Waals surface area contributed by atoms with Gasteiger partial charge < -0.3 is 10.2 Å². The van der Waals surface area contributed by atoms with Gasteiger partial charge in [0.25, 0.3) is 0 Å². The Hall–Kier alpha value is -3.24. The van der Waals surface area contributed by atoms with Crippen LogP contribution in [0, 0.1) is 12.7 Å². The summed E-state index contributed by atoms with van der Waals surface area (Å²) >= 11 is 3.42. The fourth-order valence-electron chi connectivity index (χ4n) is 4.24. The van der Waals surface area contributed by atoms with E-state index in [1.807, 2.05) is 44.2 Å². The minimum atomic E-state index is -3.86. The van der Waals surface area contributed by atoms with Crippen molar-refractivity contribution in [2.24, 2.45) is 0 Å². The van der Waals surface area contributed by atoms with Gasteiger partial charge in [-0.05, 0) is 60.4 Å². The van der Waals surface area contributed by atoms with E-state index >= 15 is 0 Å². The molecule has 0 fully saturated rings. The Morgan fingerprint density at radius 2 is 1.68 bits per heavy atom. The number of unbranched alkanes of at least 4 members (excludes halogenated alkanes) is 1. The van der Waals surface area contributed by atoms with E-state index in [0.29, 0.717) is 17.8 Å². The maximum atomic E-state index is 14.0. The molecule has 0 radical (unpaired) electrons. The molecule has 214 valence electrons. The molecule has 3 rings (SSSR count). The zero-order valence-electron chi connectivity index (χ0n) is 22.9. The number of nitrogens with one attached hydrogen (secondary N) is 1. The molecule has 2 amide bonds. The lowest BCUT2D eigenvalue weighted by Crippen LogP contribution is -2.53. The summed E-state index contributed by atoms with van der Waals surface area (Å²) in [5.74, 6) is -1.31. The summed E-state index contributed by atoms with van der Waals surface area (Å²) in [5, 5.41) is 2.93. The lowest BCUT2D eigenvalue weighted by atomic mass is 10.0. The molecule has 1 N–H and O–H groups in total. The molecule has 0 saturated heterocycles. The Bertz CT molecular complexity index is 1400. The van der Waals surface area contributed by atoms with Crippen LogP contribution in [0.5, 0.6) is 0 Å². The van der Waals surface area contributed by atoms with E-state index in [9.17, 15) is 22.4 Å². The average molecular weight is 633 g/mol. The largest absolute Gasteiger partial charge is 0.354 e. The number of benzene rings is 3. The SMILES string of the molecule is CCCCNC(=O)[C@H](Cc1ccccc1)N(Cc1ccc(F)cc1)C(=O)CN(c1ccc(Br)c(C)c1)S(C)(=O)=O. The average Bonchev–Trinajstić information content (AvgIpc) is 2.92. The van der Waals surface area contributed by atoms with E-state index in [4.69, 9.17) is 0 Å². The van der Waals surface area contributed by atoms with Gasteiger partial charge in [-0.15, -0.1) is 0 Å². The van der Waals surface area contributed by atoms with Crippen molar-refractivity contribution in [3.8, 4) is 0 Å². The lowest BCUT2D eigenvalue weighted by molar-refractivity contribution is -0.140. The molecule has 0 bridgehead atoms. The Kier molecular flexibility index (Phi) is 11.3. The van der Waals surface area contributed by atoms with Gasteiger partial charge in [-0.3, -0.25) is 13.9 Å². The highest BCUT2D eigenvalue weighted by atomic mass is 79.9. The van der Waals surface area contributed by atoms with Crippen LogP contribution in [0.3, 0.4) is 0 Å². The molecule has 0 aliphatic heterocycles. The Balaban J connectivity index is 2.03. The fourth-order valence-corrected chi connectivity index (χ4v) is 5.33. The number of anilines is 1. The normalized spacial score (nSPS) is 12.0. The monoisotopic (exact) mass is 631 g/mol. The highest BCUT2D eigenvalue weighted by Gasteiger charge is 2.33. The van der Waals surface area contributed by atoms with Gasteiger partial charge in [0.2, 0.25) is 21.8 Å². The van der Waals surface area contributed by atoms with E-state index in [-0.39, 0.29) is 18.9 Å². The first-order chi connectivity index (χ1) is 19.0. The number of aryl methyl sites for hydroxylation is 1. The minimum absolute atomic E-state index is 0.00518. The predicted molar refractivity (Wildman–Crippen MR) is 160 cm³/mol. The van der Waals surface area contributed by atoms with E-state index in [1.54, 1.807) is 30.3 Å². The van der Waals surface area contributed by atoms with Gasteiger partial charge in [-0.1, -0.05) is 71.7 Å². The van der Waals surface area contributed by atoms with Crippen LogP contribution in [0.1, 0.15) is 36.5 Å². The predicted octanol–water partition coefficient (Wildman–Crippen LogP) is 5.22. The van der Waals surface area contributed by atoms with Gasteiger partial charge >= 0.3 is 0 Å². The van der Waals surface area contributed by atoms with Crippen molar-refractivity contribution in [3.05, 3.63) is 99.8 Å². The molecular weight excluding hydrogens is 597 g/mol. The van der Waals surface area contributed by atoms with Gasteiger partial charge in [-0.25, -0.2) is 12.8 Å². The zero-order valence-corrected chi connectivity index (χ0v) is 25.3. The van der Waals surface area contributed by atoms with Crippen molar-refractivity contribution in [1.82, 2.24) is 10.2 Å². The highest BCUT2D eigenvalue weighted by Crippen LogP contribution is 2.25. The molecule has 0 aliphatic carbocycles. The Labute approximate surface area is 244 Å². The van der Waals surface area contributed by atoms with Crippen LogP contribution in [-0.2, 0) is 32.6 Å². The molecule has 3 aromatic carbocycles. The van der Waals surface area contributed by atoms with E-state index in [1.165, 1.54) is 17.0 Å². The van der Waals surface area contributed by atoms with Gasteiger partial charge in [0, 0.05) is 24.0 Å². The number of sulfonamides is 1. The number of nitrogens with zero attached hydrogens (tertiary/aromatic N) is 2. The standard InChI is InChI=1S/C30H35BrFN3O4S/c1-4-5-17-33-30(37)28(19-23-9-7-6-8-10-23)34(20-24-11-13-25(32)14-12-24)29(36)21-35(40(3,38)39)26-15-16-27(31)22(2)18-26/h6-16,18,28H,4-5,17,19-21H2,1-3H3,(H,33,37)/t28-/m0/s1. The number of hydrogen-bond acceptors (Lipinski definition) is 4. The summed E-state index contributed by atoms with van der Waals surface area (Å²) in [6, 6.07) is 19.1. The van der Waals surface area contributed by atoms with Crippen molar-refractivity contribution in [3.63, 3.8) is 0 Å². The molecule has 40 heavy (non-hydrogen) atoms. The summed E-state index contributed by atoms with van der Waals surface area (Å²) in [4.78, 5) is 29.0. The van der Waals surface area contributed by atoms with E-state index < -0.39 is 34.3 Å². The van der Waals surface area contributed by atoms with Gasteiger partial charge in [-0.2, -0.15) is 0 Å². The number of hydrogen-bond donors (Lipinski definition) is 1. The molecule has 0 aliphatic rings. The van der Waals surface area contributed by atoms with Crippen LogP contribution < -0.4 is 9.62 Å². The molecule has 10 heteroatoms. The van der Waals surface area contributed by atoms with Crippen LogP contribution in [-0.4, -0.2) is 50.5 Å². The van der Waals surface area contributed by atoms with Gasteiger partial charge in [0.05, 0.1) is 11.9 Å². The first-order valence-electron chi connectivity index (χ1n) is 13.1. The maximum Gasteiger partial charge on any atom is 0.244 e. The summed E-state index contributed by atoms with van der Waals surface area (Å²) in [6.07, 6.45) is 2.93. The summed E-state index contributed by atoms with van der Waals surface area (Å²) in [5.41, 5.74) is 2.60. The fraction of sp³-hybridized carbons (Fsp3) is 0.333. The number of carbonyl (C=O) groups is 2. The third kappa shape index (κ3) is 8.89. The van der Waals surface area contributed by atoms with E-state index in [2.05, 4.69) is 21.2 Å². The first kappa shape index (κ1) is 31.3. The lowest BCUT2D eigenvalue weighted by Gasteiger charge is -2.33. The van der Waals surface area contributed by atoms with Crippen LogP contribution in [0.2, 0.25) is 0 Å². The van der Waals surface area contributed by atoms with Crippen molar-refractivity contribution in [1.29, 1.82) is 0 Å². The number of halogens is 2. The third-order valence-electron chi connectivity index (χ3n) is 6.48. The first-order valence-corrected chi connectivity index (χ1v) is 15.7. The second-order valence-electron chi connectivity index (χ2n) is 9.70. The number of carbonyl (C=O) groups excluding carboxylic acids is 2. The molecule has 0 unspecified atom stereocenters. The summed E-state index contributed by atoms with van der Waals surface area (Å²) in [6.45, 7) is 3.78. The molecule has 0 saturated carbocycles. The van der Waals surface area contributed by atoms with Crippen molar-refractivity contribution >= 4 is 43.5 Å². The maximum absolute atomic E-state index is 14.0. The molecule has 3 aromatic rings. The van der Waals surface area contributed by atoms with Crippen molar-refractivity contribution < 1.29 is 22.4 Å². The highest BCUT2D eigenvalue weighted by molar-refractivity contribution is 9.10. The van der Waals surface area contributed by atoms with Crippen LogP contribution in [0.25, 0.3) is 0 Å². The minimum Gasteiger partial charge on any atom is -0.354 e. The summed E-state index contributed by atoms with van der Waals surface area (Å²) < 4.78 is 41.3. The molecule has 0 spiro atoms. The second kappa shape index (κ2) is 14.4. The van der Waals surface area contributed by atoms with Crippen molar-refractivity contribution in [2.45, 2.75) is 45.7 Å². The topological polar surface area (TPSA) is 86.8 Å². The molecule has 7 nitrogen and oxygen atoms in total. The Morgan fingerprint density at radius 3 is 2.27 bits per heavy atom. The molecular formula is C30H35BrFN3O4S. The quantitative estimate of drug-likeness (QED) is 0.262. The van der Waals surface area contributed by atoms with E-state index in [0.717, 1.165) is 39.0 Å². The van der Waals surface area contributed by atoms with Gasteiger partial charge in [0.15, 0.2) is 0 Å². The van der Waals surface area contributed by atoms with Crippen molar-refractivity contribution in [2.75, 3.05) is 23.7 Å². The molecule has 0 heterocycles. The summed E-state index contributed by atoms with van der Waals surface area (Å²) in [7, 11) is -3.86. The van der Waals surface area contributed by atoms with Crippen LogP contribution in [0.4, 0.5) is 10.1 Å². The number of amides is 2. The molecule has 1 atom stereocenters. The zero-order chi connectivity index (χ0) is 29.3.